The van der Waals surface area contributed by atoms with Crippen LogP contribution >= 0.6 is 11.6 Å². The second-order valence-corrected chi connectivity index (χ2v) is 4.74. The molecule has 0 saturated carbocycles. The molecule has 0 unspecified atom stereocenters. The van der Waals surface area contributed by atoms with Gasteiger partial charge in [0.1, 0.15) is 6.54 Å². The fourth-order valence-electron chi connectivity index (χ4n) is 1.65. The van der Waals surface area contributed by atoms with Crippen LogP contribution in [-0.2, 0) is 16.1 Å². The molecule has 0 aliphatic heterocycles. The zero-order valence-corrected chi connectivity index (χ0v) is 12.7. The van der Waals surface area contributed by atoms with Gasteiger partial charge in [0.25, 0.3) is 0 Å². The van der Waals surface area contributed by atoms with Gasteiger partial charge in [-0.15, -0.1) is 5.10 Å². The van der Waals surface area contributed by atoms with Gasteiger partial charge in [0.2, 0.25) is 5.91 Å². The lowest BCUT2D eigenvalue weighted by Crippen LogP contribution is -2.21. The number of amides is 2. The van der Waals surface area contributed by atoms with E-state index in [1.807, 2.05) is 6.92 Å². The summed E-state index contributed by atoms with van der Waals surface area (Å²) >= 11 is 5.99. The first kappa shape index (κ1) is 15.8. The van der Waals surface area contributed by atoms with Gasteiger partial charge in [-0.05, 0) is 24.6 Å². The van der Waals surface area contributed by atoms with E-state index in [4.69, 9.17) is 11.6 Å². The van der Waals surface area contributed by atoms with Crippen molar-refractivity contribution >= 4 is 35.1 Å². The number of carbonyl (C=O) groups is 2. The van der Waals surface area contributed by atoms with Gasteiger partial charge in [-0.25, -0.2) is 4.79 Å². The monoisotopic (exact) mass is 323 g/mol. The van der Waals surface area contributed by atoms with Gasteiger partial charge in [0, 0.05) is 10.7 Å². The van der Waals surface area contributed by atoms with Crippen LogP contribution in [0.2, 0.25) is 5.02 Å². The third-order valence-corrected chi connectivity index (χ3v) is 3.19. The number of hydrogen-bond donors (Lipinski definition) is 2. The zero-order valence-electron chi connectivity index (χ0n) is 12.0. The standard InChI is InChI=1S/C13H14ClN5O3/c1-8-9(14)4-3-5-10(8)16-12(20)7-19-15-6-11(18-19)17-13(21)22-2/h3-6H,7H2,1-2H3,(H,16,20)(H,17,18,21). The van der Waals surface area contributed by atoms with Crippen molar-refractivity contribution < 1.29 is 14.3 Å². The molecular weight excluding hydrogens is 310 g/mol. The summed E-state index contributed by atoms with van der Waals surface area (Å²) in [7, 11) is 1.24. The molecule has 2 N–H and O–H groups in total. The molecule has 1 heterocycles. The van der Waals surface area contributed by atoms with Crippen LogP contribution < -0.4 is 10.6 Å². The number of benzene rings is 1. The third-order valence-electron chi connectivity index (χ3n) is 2.78. The summed E-state index contributed by atoms with van der Waals surface area (Å²) in [4.78, 5) is 24.1. The van der Waals surface area contributed by atoms with Crippen LogP contribution in [0.3, 0.4) is 0 Å². The largest absolute Gasteiger partial charge is 0.453 e. The fourth-order valence-corrected chi connectivity index (χ4v) is 1.82. The number of nitrogens with zero attached hydrogens (tertiary/aromatic N) is 3. The number of rotatable bonds is 4. The number of methoxy groups -OCH3 is 1. The first-order chi connectivity index (χ1) is 10.5. The molecule has 0 saturated heterocycles. The van der Waals surface area contributed by atoms with Crippen molar-refractivity contribution in [2.45, 2.75) is 13.5 Å². The number of anilines is 2. The Hall–Kier alpha value is -2.61. The Morgan fingerprint density at radius 3 is 2.86 bits per heavy atom. The van der Waals surface area contributed by atoms with E-state index in [9.17, 15) is 9.59 Å². The van der Waals surface area contributed by atoms with Crippen molar-refractivity contribution in [3.8, 4) is 0 Å². The van der Waals surface area contributed by atoms with E-state index < -0.39 is 6.09 Å². The number of aromatic nitrogens is 3. The van der Waals surface area contributed by atoms with E-state index in [1.165, 1.54) is 13.3 Å². The molecule has 1 aromatic carbocycles. The lowest BCUT2D eigenvalue weighted by atomic mass is 10.2. The van der Waals surface area contributed by atoms with E-state index in [2.05, 4.69) is 25.6 Å². The van der Waals surface area contributed by atoms with Crippen LogP contribution in [0.4, 0.5) is 16.3 Å². The molecule has 0 fully saturated rings. The molecule has 0 aliphatic carbocycles. The van der Waals surface area contributed by atoms with Crippen LogP contribution in [0.15, 0.2) is 24.4 Å². The van der Waals surface area contributed by atoms with Gasteiger partial charge >= 0.3 is 6.09 Å². The van der Waals surface area contributed by atoms with Gasteiger partial charge < -0.3 is 10.1 Å². The van der Waals surface area contributed by atoms with Gasteiger partial charge in [-0.1, -0.05) is 17.7 Å². The number of halogens is 1. The predicted octanol–water partition coefficient (Wildman–Crippen LogP) is 2.06. The summed E-state index contributed by atoms with van der Waals surface area (Å²) in [5, 5.41) is 13.4. The average molecular weight is 324 g/mol. The first-order valence-corrected chi connectivity index (χ1v) is 6.67. The molecule has 1 aromatic heterocycles. The van der Waals surface area contributed by atoms with Crippen LogP contribution in [0.25, 0.3) is 0 Å². The van der Waals surface area contributed by atoms with Gasteiger partial charge in [-0.3, -0.25) is 10.1 Å². The minimum atomic E-state index is -0.661. The topological polar surface area (TPSA) is 98.1 Å². The maximum atomic E-state index is 12.0. The Kier molecular flexibility index (Phi) is 4.95. The maximum absolute atomic E-state index is 12.0. The number of nitrogens with one attached hydrogen (secondary N) is 2. The first-order valence-electron chi connectivity index (χ1n) is 6.29. The number of carbonyl (C=O) groups excluding carboxylic acids is 2. The third kappa shape index (κ3) is 3.95. The Morgan fingerprint density at radius 1 is 1.36 bits per heavy atom. The van der Waals surface area contributed by atoms with Crippen molar-refractivity contribution in [2.75, 3.05) is 17.7 Å². The van der Waals surface area contributed by atoms with Gasteiger partial charge in [0.15, 0.2) is 5.82 Å². The molecule has 8 nitrogen and oxygen atoms in total. The van der Waals surface area contributed by atoms with E-state index >= 15 is 0 Å². The van der Waals surface area contributed by atoms with Crippen molar-refractivity contribution in [2.24, 2.45) is 0 Å². The SMILES string of the molecule is COC(=O)Nc1cnn(CC(=O)Nc2cccc(Cl)c2C)n1. The Bertz CT molecular complexity index is 701. The summed E-state index contributed by atoms with van der Waals surface area (Å²) in [6.45, 7) is 1.71. The highest BCUT2D eigenvalue weighted by molar-refractivity contribution is 6.31. The van der Waals surface area contributed by atoms with Crippen molar-refractivity contribution in [1.82, 2.24) is 15.0 Å². The van der Waals surface area contributed by atoms with Crippen molar-refractivity contribution in [3.63, 3.8) is 0 Å². The average Bonchev–Trinajstić information content (AvgIpc) is 2.90. The molecule has 22 heavy (non-hydrogen) atoms. The highest BCUT2D eigenvalue weighted by Gasteiger charge is 2.10. The molecule has 0 bridgehead atoms. The van der Waals surface area contributed by atoms with Crippen molar-refractivity contribution in [1.29, 1.82) is 0 Å². The Balaban J connectivity index is 1.97. The summed E-state index contributed by atoms with van der Waals surface area (Å²) in [5.41, 5.74) is 1.40. The summed E-state index contributed by atoms with van der Waals surface area (Å²) in [6, 6.07) is 5.24. The van der Waals surface area contributed by atoms with E-state index in [-0.39, 0.29) is 18.3 Å². The van der Waals surface area contributed by atoms with Crippen LogP contribution in [0, 0.1) is 6.92 Å². The lowest BCUT2D eigenvalue weighted by molar-refractivity contribution is -0.117. The van der Waals surface area contributed by atoms with E-state index in [1.54, 1.807) is 18.2 Å². The highest BCUT2D eigenvalue weighted by atomic mass is 35.5. The Labute approximate surface area is 131 Å². The molecular formula is C13H14ClN5O3. The number of hydrogen-bond acceptors (Lipinski definition) is 5. The fraction of sp³-hybridized carbons (Fsp3) is 0.231. The minimum absolute atomic E-state index is 0.102. The lowest BCUT2D eigenvalue weighted by Gasteiger charge is -2.09. The van der Waals surface area contributed by atoms with Crippen LogP contribution in [0.5, 0.6) is 0 Å². The molecule has 2 aromatic rings. The van der Waals surface area contributed by atoms with Gasteiger partial charge in [0.05, 0.1) is 13.3 Å². The van der Waals surface area contributed by atoms with E-state index in [0.717, 1.165) is 10.4 Å². The molecule has 9 heteroatoms. The summed E-state index contributed by atoms with van der Waals surface area (Å²) < 4.78 is 4.43. The second kappa shape index (κ2) is 6.90. The van der Waals surface area contributed by atoms with Crippen LogP contribution in [-0.4, -0.2) is 34.1 Å². The summed E-state index contributed by atoms with van der Waals surface area (Å²) in [6.07, 6.45) is 0.653. The highest BCUT2D eigenvalue weighted by Crippen LogP contribution is 2.22. The van der Waals surface area contributed by atoms with Crippen LogP contribution in [0.1, 0.15) is 5.56 Å². The molecule has 0 atom stereocenters. The normalized spacial score (nSPS) is 10.1. The molecule has 0 aliphatic rings. The molecule has 2 amide bonds. The van der Waals surface area contributed by atoms with Crippen molar-refractivity contribution in [3.05, 3.63) is 35.0 Å². The molecule has 2 rings (SSSR count). The Morgan fingerprint density at radius 2 is 2.14 bits per heavy atom. The number of ether oxygens (including phenoxy) is 1. The molecule has 116 valence electrons. The predicted molar refractivity (Wildman–Crippen MR) is 80.9 cm³/mol. The zero-order chi connectivity index (χ0) is 16.1. The maximum Gasteiger partial charge on any atom is 0.412 e. The smallest absolute Gasteiger partial charge is 0.412 e. The summed E-state index contributed by atoms with van der Waals surface area (Å²) in [5.74, 6) is -0.121. The van der Waals surface area contributed by atoms with Gasteiger partial charge in [-0.2, -0.15) is 9.90 Å². The van der Waals surface area contributed by atoms with E-state index in [0.29, 0.717) is 10.7 Å². The minimum Gasteiger partial charge on any atom is -0.453 e. The molecule has 0 spiro atoms. The quantitative estimate of drug-likeness (QED) is 0.897. The molecule has 0 radical (unpaired) electrons. The second-order valence-electron chi connectivity index (χ2n) is 4.34.